The summed E-state index contributed by atoms with van der Waals surface area (Å²) in [6.45, 7) is 7.92. The Morgan fingerprint density at radius 3 is 2.61 bits per heavy atom. The molecule has 23 heavy (non-hydrogen) atoms. The van der Waals surface area contributed by atoms with Gasteiger partial charge in [-0.25, -0.2) is 15.4 Å². The first-order chi connectivity index (χ1) is 11.0. The third kappa shape index (κ3) is 3.13. The van der Waals surface area contributed by atoms with E-state index in [0.29, 0.717) is 0 Å². The molecule has 2 heterocycles. The smallest absolute Gasteiger partial charge is 0.243 e. The van der Waals surface area contributed by atoms with E-state index >= 15 is 0 Å². The van der Waals surface area contributed by atoms with Gasteiger partial charge >= 0.3 is 0 Å². The van der Waals surface area contributed by atoms with Crippen LogP contribution in [-0.2, 0) is 4.79 Å². The van der Waals surface area contributed by atoms with Crippen LogP contribution in [0.1, 0.15) is 54.6 Å². The van der Waals surface area contributed by atoms with Crippen molar-refractivity contribution >= 4 is 33.2 Å². The molecule has 0 aromatic carbocycles. The van der Waals surface area contributed by atoms with Gasteiger partial charge in [-0.3, -0.25) is 4.79 Å². The Hall–Kier alpha value is -1.82. The predicted octanol–water partition coefficient (Wildman–Crippen LogP) is 3.65. The maximum Gasteiger partial charge on any atom is 0.243 e. The Balaban J connectivity index is 1.87. The number of carbonyl (C=O) groups is 1. The Labute approximate surface area is 140 Å². The highest BCUT2D eigenvalue weighted by molar-refractivity contribution is 7.20. The second-order valence-corrected chi connectivity index (χ2v) is 7.25. The van der Waals surface area contributed by atoms with Crippen LogP contribution in [0.3, 0.4) is 0 Å². The Bertz CT molecular complexity index is 787. The molecular weight excluding hydrogens is 308 g/mol. The molecule has 1 aliphatic carbocycles. The number of amides is 1. The second-order valence-electron chi connectivity index (χ2n) is 6.25. The highest BCUT2D eigenvalue weighted by Crippen LogP contribution is 2.31. The number of fused-ring (bicyclic) bond motifs is 1. The van der Waals surface area contributed by atoms with Crippen molar-refractivity contribution in [2.75, 3.05) is 0 Å². The standard InChI is InChI=1S/C17H22N4OS/c1-9-14-10(2)18-12(4)19-17(14)23-15(9)11(3)20-21-16(22)13-7-5-6-8-13/h13H,5-8H2,1-4H3,(H,21,22)/b20-11+. The molecule has 0 unspecified atom stereocenters. The number of hydrogen-bond donors (Lipinski definition) is 1. The Morgan fingerprint density at radius 1 is 1.22 bits per heavy atom. The first-order valence-corrected chi connectivity index (χ1v) is 8.88. The van der Waals surface area contributed by atoms with Gasteiger partial charge in [0.15, 0.2) is 0 Å². The fraction of sp³-hybridized carbons (Fsp3) is 0.529. The minimum atomic E-state index is 0.0485. The number of nitrogens with zero attached hydrogens (tertiary/aromatic N) is 3. The maximum atomic E-state index is 12.1. The van der Waals surface area contributed by atoms with E-state index in [1.807, 2.05) is 20.8 Å². The molecule has 1 saturated carbocycles. The summed E-state index contributed by atoms with van der Waals surface area (Å²) in [5.41, 5.74) is 5.70. The number of aryl methyl sites for hydroxylation is 3. The number of hydrogen-bond acceptors (Lipinski definition) is 5. The monoisotopic (exact) mass is 330 g/mol. The molecule has 5 nitrogen and oxygen atoms in total. The summed E-state index contributed by atoms with van der Waals surface area (Å²) < 4.78 is 0. The van der Waals surface area contributed by atoms with Gasteiger partial charge in [-0.15, -0.1) is 11.3 Å². The molecule has 1 aliphatic rings. The van der Waals surface area contributed by atoms with Crippen molar-refractivity contribution in [2.45, 2.75) is 53.4 Å². The van der Waals surface area contributed by atoms with Gasteiger partial charge in [0, 0.05) is 17.0 Å². The molecule has 6 heteroatoms. The summed E-state index contributed by atoms with van der Waals surface area (Å²) in [5, 5.41) is 5.43. The van der Waals surface area contributed by atoms with E-state index < -0.39 is 0 Å². The van der Waals surface area contributed by atoms with Gasteiger partial charge in [0.25, 0.3) is 0 Å². The topological polar surface area (TPSA) is 67.2 Å². The highest BCUT2D eigenvalue weighted by atomic mass is 32.1. The van der Waals surface area contributed by atoms with Gasteiger partial charge in [-0.1, -0.05) is 12.8 Å². The fourth-order valence-electron chi connectivity index (χ4n) is 3.29. The fourth-order valence-corrected chi connectivity index (χ4v) is 4.51. The van der Waals surface area contributed by atoms with Crippen molar-refractivity contribution in [3.05, 3.63) is 22.0 Å². The van der Waals surface area contributed by atoms with Crippen molar-refractivity contribution in [1.82, 2.24) is 15.4 Å². The lowest BCUT2D eigenvalue weighted by Gasteiger charge is -2.07. The third-order valence-electron chi connectivity index (χ3n) is 4.47. The second kappa shape index (κ2) is 6.35. The van der Waals surface area contributed by atoms with E-state index in [9.17, 15) is 4.79 Å². The van der Waals surface area contributed by atoms with Gasteiger partial charge < -0.3 is 0 Å². The quantitative estimate of drug-likeness (QED) is 0.690. The van der Waals surface area contributed by atoms with E-state index in [0.717, 1.165) is 63.6 Å². The lowest BCUT2D eigenvalue weighted by molar-refractivity contribution is -0.124. The van der Waals surface area contributed by atoms with Crippen LogP contribution in [0.4, 0.5) is 0 Å². The zero-order chi connectivity index (χ0) is 16.6. The molecular formula is C17H22N4OS. The Kier molecular flexibility index (Phi) is 4.43. The Morgan fingerprint density at radius 2 is 1.91 bits per heavy atom. The SMILES string of the molecule is C/C(=N\NC(=O)C1CCCC1)c1sc2nc(C)nc(C)c2c1C. The number of rotatable bonds is 3. The normalized spacial score (nSPS) is 16.3. The first-order valence-electron chi connectivity index (χ1n) is 8.06. The van der Waals surface area contributed by atoms with Gasteiger partial charge in [-0.05, 0) is 46.1 Å². The van der Waals surface area contributed by atoms with Gasteiger partial charge in [0.05, 0.1) is 10.6 Å². The summed E-state index contributed by atoms with van der Waals surface area (Å²) in [5.74, 6) is 0.963. The predicted molar refractivity (Wildman–Crippen MR) is 93.9 cm³/mol. The molecule has 2 aromatic heterocycles. The molecule has 0 bridgehead atoms. The zero-order valence-corrected chi connectivity index (χ0v) is 14.9. The van der Waals surface area contributed by atoms with Gasteiger partial charge in [-0.2, -0.15) is 5.10 Å². The van der Waals surface area contributed by atoms with Gasteiger partial charge in [0.1, 0.15) is 10.7 Å². The minimum Gasteiger partial charge on any atom is -0.273 e. The maximum absolute atomic E-state index is 12.1. The molecule has 0 saturated heterocycles. The molecule has 122 valence electrons. The summed E-state index contributed by atoms with van der Waals surface area (Å²) in [4.78, 5) is 23.1. The lowest BCUT2D eigenvalue weighted by atomic mass is 10.1. The number of hydrazone groups is 1. The molecule has 1 N–H and O–H groups in total. The molecule has 2 aromatic rings. The number of aromatic nitrogens is 2. The van der Waals surface area contributed by atoms with E-state index in [4.69, 9.17) is 0 Å². The van der Waals surface area contributed by atoms with Crippen LogP contribution in [-0.4, -0.2) is 21.6 Å². The largest absolute Gasteiger partial charge is 0.273 e. The molecule has 0 aliphatic heterocycles. The van der Waals surface area contributed by atoms with Crippen LogP contribution in [0.25, 0.3) is 10.2 Å². The van der Waals surface area contributed by atoms with Crippen molar-refractivity contribution in [1.29, 1.82) is 0 Å². The molecule has 1 fully saturated rings. The van der Waals surface area contributed by atoms with Crippen LogP contribution < -0.4 is 5.43 Å². The summed E-state index contributed by atoms with van der Waals surface area (Å²) in [6, 6.07) is 0. The minimum absolute atomic E-state index is 0.0485. The van der Waals surface area contributed by atoms with E-state index in [1.54, 1.807) is 11.3 Å². The van der Waals surface area contributed by atoms with Crippen LogP contribution in [0.2, 0.25) is 0 Å². The highest BCUT2D eigenvalue weighted by Gasteiger charge is 2.22. The average Bonchev–Trinajstić information content (AvgIpc) is 3.12. The van der Waals surface area contributed by atoms with Crippen molar-refractivity contribution < 1.29 is 4.79 Å². The first kappa shape index (κ1) is 16.1. The van der Waals surface area contributed by atoms with Crippen LogP contribution in [0, 0.1) is 26.7 Å². The molecule has 0 spiro atoms. The zero-order valence-electron chi connectivity index (χ0n) is 14.1. The third-order valence-corrected chi connectivity index (χ3v) is 5.77. The van der Waals surface area contributed by atoms with Gasteiger partial charge in [0.2, 0.25) is 5.91 Å². The molecule has 1 amide bonds. The van der Waals surface area contributed by atoms with E-state index in [1.165, 1.54) is 0 Å². The average molecular weight is 330 g/mol. The van der Waals surface area contributed by atoms with E-state index in [-0.39, 0.29) is 11.8 Å². The molecule has 0 radical (unpaired) electrons. The number of thiophene rings is 1. The lowest BCUT2D eigenvalue weighted by Crippen LogP contribution is -2.25. The summed E-state index contributed by atoms with van der Waals surface area (Å²) >= 11 is 1.61. The molecule has 0 atom stereocenters. The van der Waals surface area contributed by atoms with E-state index in [2.05, 4.69) is 27.4 Å². The summed E-state index contributed by atoms with van der Waals surface area (Å²) in [6.07, 6.45) is 4.26. The molecule has 3 rings (SSSR count). The summed E-state index contributed by atoms with van der Waals surface area (Å²) in [7, 11) is 0. The number of carbonyl (C=O) groups excluding carboxylic acids is 1. The van der Waals surface area contributed by atoms with Crippen LogP contribution in [0.5, 0.6) is 0 Å². The van der Waals surface area contributed by atoms with Crippen LogP contribution >= 0.6 is 11.3 Å². The van der Waals surface area contributed by atoms with Crippen LogP contribution in [0.15, 0.2) is 5.10 Å². The van der Waals surface area contributed by atoms with Crippen molar-refractivity contribution in [3.63, 3.8) is 0 Å². The van der Waals surface area contributed by atoms with Crippen molar-refractivity contribution in [3.8, 4) is 0 Å². The number of nitrogens with one attached hydrogen (secondary N) is 1. The van der Waals surface area contributed by atoms with Crippen molar-refractivity contribution in [2.24, 2.45) is 11.0 Å².